The Morgan fingerprint density at radius 2 is 0.942 bits per heavy atom. The summed E-state index contributed by atoms with van der Waals surface area (Å²) in [5.41, 5.74) is 11.4. The molecule has 1 aliphatic carbocycles. The minimum Gasteiger partial charge on any atom is -0.465 e. The number of hydrogen-bond acceptors (Lipinski definition) is 17. The Kier molecular flexibility index (Phi) is 18.2. The van der Waals surface area contributed by atoms with E-state index in [-0.39, 0.29) is 97.3 Å². The standard InChI is InChI=1S/C21H19F4N3O2.2C19H15F3N4O2/c1-19(9-20(30-18(26)28-19)10-21(24,25)11-20)14-6-12(2-4-15(14)23)7-17(29)16-5-3-13(22)8-27-16;2*20-14-3-1-11(8-16(27)15-4-2-12(9-23)10-25-15)7-13(14)19(17(21)22)5-6-28-18(24)26-19/h2-6,8H,7,9-11H2,1H3,(H2,26,28);2*1-4,7,10,17H,5-6,8H2,(H2,24,26)/t;2*19-/m.10/s1. The van der Waals surface area contributed by atoms with Crippen LogP contribution >= 0.6 is 0 Å². The topological polar surface area (TPSA) is 280 Å². The summed E-state index contributed by atoms with van der Waals surface area (Å²) >= 11 is 0. The van der Waals surface area contributed by atoms with E-state index in [1.165, 1.54) is 85.2 Å². The van der Waals surface area contributed by atoms with Crippen molar-refractivity contribution in [3.63, 3.8) is 0 Å². The average molecular weight is 1200 g/mol. The van der Waals surface area contributed by atoms with E-state index in [2.05, 4.69) is 29.9 Å². The van der Waals surface area contributed by atoms with Crippen molar-refractivity contribution in [2.45, 2.75) is 99.3 Å². The second-order valence-corrected chi connectivity index (χ2v) is 20.6. The first-order chi connectivity index (χ1) is 40.7. The first kappa shape index (κ1) is 62.3. The number of hydrogen-bond donors (Lipinski definition) is 3. The number of nitrogens with two attached hydrogens (primary N) is 3. The van der Waals surface area contributed by atoms with Gasteiger partial charge in [-0.3, -0.25) is 29.3 Å². The van der Waals surface area contributed by atoms with Gasteiger partial charge in [0.25, 0.3) is 36.8 Å². The number of ether oxygens (including phenoxy) is 3. The molecule has 27 heteroatoms. The largest absolute Gasteiger partial charge is 0.465 e. The van der Waals surface area contributed by atoms with Gasteiger partial charge in [0.05, 0.1) is 48.9 Å². The normalized spacial score (nSPS) is 20.7. The quantitative estimate of drug-likeness (QED) is 0.0677. The summed E-state index contributed by atoms with van der Waals surface area (Å²) in [6.07, 6.45) is -4.53. The van der Waals surface area contributed by atoms with Crippen molar-refractivity contribution in [1.82, 2.24) is 15.0 Å². The number of aromatic nitrogens is 3. The molecule has 3 aromatic carbocycles. The molecule has 6 N–H and O–H groups in total. The van der Waals surface area contributed by atoms with Gasteiger partial charge in [0.2, 0.25) is 0 Å². The monoisotopic (exact) mass is 1200 g/mol. The van der Waals surface area contributed by atoms with Gasteiger partial charge in [-0.25, -0.2) is 58.9 Å². The molecule has 4 aliphatic rings. The molecule has 3 aliphatic heterocycles. The number of pyridine rings is 3. The third-order valence-electron chi connectivity index (χ3n) is 14.4. The van der Waals surface area contributed by atoms with Crippen LogP contribution in [-0.4, -0.2) is 88.0 Å². The number of aliphatic imine (C=N–C) groups is 3. The van der Waals surface area contributed by atoms with Crippen LogP contribution in [-0.2, 0) is 50.1 Å². The molecule has 6 aromatic rings. The summed E-state index contributed by atoms with van der Waals surface area (Å²) < 4.78 is 154. The predicted octanol–water partition coefficient (Wildman–Crippen LogP) is 9.33. The van der Waals surface area contributed by atoms with Crippen molar-refractivity contribution >= 4 is 35.4 Å². The lowest BCUT2D eigenvalue weighted by Crippen LogP contribution is -2.60. The van der Waals surface area contributed by atoms with E-state index in [0.717, 1.165) is 24.4 Å². The van der Waals surface area contributed by atoms with Crippen LogP contribution in [0.3, 0.4) is 0 Å². The van der Waals surface area contributed by atoms with Crippen LogP contribution in [0, 0.1) is 45.9 Å². The summed E-state index contributed by atoms with van der Waals surface area (Å²) in [6, 6.07) is 22.0. The molecule has 0 radical (unpaired) electrons. The molecule has 0 saturated heterocycles. The van der Waals surface area contributed by atoms with E-state index >= 15 is 0 Å². The van der Waals surface area contributed by atoms with Crippen LogP contribution in [0.1, 0.15) is 115 Å². The lowest BCUT2D eigenvalue weighted by atomic mass is 9.67. The lowest BCUT2D eigenvalue weighted by Gasteiger charge is -2.52. The lowest BCUT2D eigenvalue weighted by molar-refractivity contribution is -0.210. The summed E-state index contributed by atoms with van der Waals surface area (Å²) in [6.45, 7) is 1.35. The molecular weight excluding hydrogens is 1150 g/mol. The Hall–Kier alpha value is -9.79. The van der Waals surface area contributed by atoms with Gasteiger partial charge in [0.15, 0.2) is 28.4 Å². The SMILES string of the molecule is CC1(c2cc(CC(=O)c3ccc(F)cn3)ccc2F)CC2(CC(F)(F)C2)OC(N)=N1.N#Cc1ccc(C(=O)Cc2ccc(F)c([C@@]3(C(F)F)CCOC(N)=N3)c2)nc1.N#Cc1ccc(C(=O)Cc2ccc(F)c([C@]3(C(F)F)CCOC(N)=N3)c2)nc1. The predicted molar refractivity (Wildman–Crippen MR) is 287 cm³/mol. The third kappa shape index (κ3) is 13.9. The van der Waals surface area contributed by atoms with Gasteiger partial charge in [0, 0.05) is 67.6 Å². The van der Waals surface area contributed by atoms with Crippen molar-refractivity contribution in [1.29, 1.82) is 10.5 Å². The van der Waals surface area contributed by atoms with Gasteiger partial charge in [-0.15, -0.1) is 0 Å². The summed E-state index contributed by atoms with van der Waals surface area (Å²) in [5.74, 6) is -6.91. The fourth-order valence-electron chi connectivity index (χ4n) is 10.3. The van der Waals surface area contributed by atoms with Crippen LogP contribution in [0.2, 0.25) is 0 Å². The van der Waals surface area contributed by atoms with Crippen molar-refractivity contribution in [3.05, 3.63) is 194 Å². The molecule has 0 bridgehead atoms. The first-order valence-electron chi connectivity index (χ1n) is 26.0. The molecule has 446 valence electrons. The number of nitrogens with zero attached hydrogens (tertiary/aromatic N) is 8. The number of carbonyl (C=O) groups is 3. The number of amidine groups is 3. The number of Topliss-reactive ketones (excluding diaryl/α,β-unsaturated/α-hetero) is 3. The van der Waals surface area contributed by atoms with Crippen molar-refractivity contribution < 1.29 is 72.5 Å². The van der Waals surface area contributed by atoms with E-state index in [0.29, 0.717) is 27.8 Å². The van der Waals surface area contributed by atoms with Gasteiger partial charge in [0.1, 0.15) is 58.1 Å². The molecule has 6 heterocycles. The van der Waals surface area contributed by atoms with E-state index in [1.807, 2.05) is 12.1 Å². The molecule has 86 heavy (non-hydrogen) atoms. The molecule has 1 saturated carbocycles. The summed E-state index contributed by atoms with van der Waals surface area (Å²) in [4.78, 5) is 60.4. The molecule has 1 unspecified atom stereocenters. The highest BCUT2D eigenvalue weighted by molar-refractivity contribution is 5.97. The summed E-state index contributed by atoms with van der Waals surface area (Å²) in [7, 11) is 0. The maximum atomic E-state index is 14.7. The van der Waals surface area contributed by atoms with E-state index < -0.39 is 101 Å². The molecule has 0 amide bonds. The number of ketones is 3. The maximum Gasteiger partial charge on any atom is 0.283 e. The average Bonchev–Trinajstić information content (AvgIpc) is 0.823. The van der Waals surface area contributed by atoms with Crippen LogP contribution in [0.4, 0.5) is 43.9 Å². The zero-order valence-electron chi connectivity index (χ0n) is 45.2. The third-order valence-corrected chi connectivity index (χ3v) is 14.4. The highest BCUT2D eigenvalue weighted by atomic mass is 19.3. The van der Waals surface area contributed by atoms with Crippen molar-refractivity contribution in [2.75, 3.05) is 13.2 Å². The number of alkyl halides is 6. The molecule has 10 rings (SSSR count). The van der Waals surface area contributed by atoms with Gasteiger partial charge in [-0.1, -0.05) is 18.2 Å². The van der Waals surface area contributed by atoms with Gasteiger partial charge in [-0.2, -0.15) is 10.5 Å². The highest BCUT2D eigenvalue weighted by Crippen LogP contribution is 2.55. The fraction of sp³-hybridized carbons (Fsp3) is 0.305. The molecule has 1 spiro atoms. The number of benzene rings is 3. The van der Waals surface area contributed by atoms with Gasteiger partial charge in [-0.05, 0) is 96.4 Å². The minimum atomic E-state index is -3.02. The Morgan fingerprint density at radius 1 is 0.547 bits per heavy atom. The smallest absolute Gasteiger partial charge is 0.283 e. The number of carbonyl (C=O) groups excluding carboxylic acids is 3. The van der Waals surface area contributed by atoms with Crippen molar-refractivity contribution in [2.24, 2.45) is 32.2 Å². The second kappa shape index (κ2) is 25.2. The molecule has 1 fully saturated rings. The maximum absolute atomic E-state index is 14.7. The van der Waals surface area contributed by atoms with Crippen LogP contribution in [0.5, 0.6) is 0 Å². The molecule has 3 aromatic heterocycles. The Morgan fingerprint density at radius 3 is 1.29 bits per heavy atom. The summed E-state index contributed by atoms with van der Waals surface area (Å²) in [5, 5.41) is 17.5. The van der Waals surface area contributed by atoms with Crippen LogP contribution in [0.25, 0.3) is 0 Å². The van der Waals surface area contributed by atoms with E-state index in [9.17, 15) is 58.3 Å². The first-order valence-corrected chi connectivity index (χ1v) is 26.0. The van der Waals surface area contributed by atoms with E-state index in [4.69, 9.17) is 41.9 Å². The Balaban J connectivity index is 0.000000168. The molecular formula is C59H49F10N11O6. The highest BCUT2D eigenvalue weighted by Gasteiger charge is 2.63. The molecule has 17 nitrogen and oxygen atoms in total. The van der Waals surface area contributed by atoms with Crippen LogP contribution in [0.15, 0.2) is 125 Å². The van der Waals surface area contributed by atoms with Gasteiger partial charge >= 0.3 is 0 Å². The van der Waals surface area contributed by atoms with E-state index in [1.54, 1.807) is 6.92 Å². The molecule has 3 atom stereocenters. The number of halogens is 10. The van der Waals surface area contributed by atoms with Crippen molar-refractivity contribution in [3.8, 4) is 12.1 Å². The Labute approximate surface area is 483 Å². The zero-order valence-corrected chi connectivity index (χ0v) is 45.2. The van der Waals surface area contributed by atoms with Crippen LogP contribution < -0.4 is 17.2 Å². The zero-order chi connectivity index (χ0) is 62.4. The minimum absolute atomic E-state index is 0.0319. The number of nitriles is 2. The second-order valence-electron chi connectivity index (χ2n) is 20.6. The Bertz CT molecular complexity index is 3580. The van der Waals surface area contributed by atoms with Gasteiger partial charge < -0.3 is 31.4 Å². The number of rotatable bonds is 14. The fourth-order valence-corrected chi connectivity index (χ4v) is 10.3.